The lowest BCUT2D eigenvalue weighted by Crippen LogP contribution is -2.28. The highest BCUT2D eigenvalue weighted by atomic mass is 35.5. The number of anilines is 1. The number of carbonyl (C=O) groups is 2. The predicted molar refractivity (Wildman–Crippen MR) is 97.8 cm³/mol. The van der Waals surface area contributed by atoms with Gasteiger partial charge in [-0.1, -0.05) is 23.7 Å². The quantitative estimate of drug-likeness (QED) is 0.581. The van der Waals surface area contributed by atoms with Crippen molar-refractivity contribution >= 4 is 29.4 Å². The van der Waals surface area contributed by atoms with E-state index in [1.807, 2.05) is 19.9 Å². The maximum absolute atomic E-state index is 12.5. The molecule has 0 bridgehead atoms. The van der Waals surface area contributed by atoms with E-state index in [-0.39, 0.29) is 6.61 Å². The molecule has 6 heteroatoms. The van der Waals surface area contributed by atoms with Crippen LogP contribution in [0.25, 0.3) is 0 Å². The Morgan fingerprint density at radius 3 is 2.52 bits per heavy atom. The Balaban J connectivity index is 2.39. The van der Waals surface area contributed by atoms with Crippen molar-refractivity contribution in [2.45, 2.75) is 20.8 Å². The molecule has 0 fully saturated rings. The third kappa shape index (κ3) is 4.51. The molecule has 0 aromatic heterocycles. The number of hydrogen-bond donors (Lipinski definition) is 0. The number of carbonyl (C=O) groups excluding carboxylic acids is 2. The Bertz CT molecular complexity index is 804. The molecule has 5 nitrogen and oxygen atoms in total. The van der Waals surface area contributed by atoms with Crippen LogP contribution in [0.3, 0.4) is 0 Å². The molecule has 0 aliphatic rings. The maximum atomic E-state index is 12.5. The van der Waals surface area contributed by atoms with Gasteiger partial charge in [0.1, 0.15) is 0 Å². The van der Waals surface area contributed by atoms with E-state index in [1.165, 1.54) is 11.0 Å². The molecule has 2 aromatic rings. The second-order valence-electron chi connectivity index (χ2n) is 5.59. The minimum atomic E-state index is -0.548. The summed E-state index contributed by atoms with van der Waals surface area (Å²) in [5, 5.41) is 0.443. The zero-order valence-electron chi connectivity index (χ0n) is 14.6. The first kappa shape index (κ1) is 18.8. The summed E-state index contributed by atoms with van der Waals surface area (Å²) in [5.41, 5.74) is 2.47. The van der Waals surface area contributed by atoms with Crippen LogP contribution in [-0.2, 0) is 4.74 Å². The van der Waals surface area contributed by atoms with E-state index < -0.39 is 12.1 Å². The molecular formula is C19H20ClNO4. The molecule has 1 amide bonds. The van der Waals surface area contributed by atoms with Gasteiger partial charge in [-0.05, 0) is 56.2 Å². The number of halogens is 1. The molecule has 0 aliphatic heterocycles. The summed E-state index contributed by atoms with van der Waals surface area (Å²) in [6.07, 6.45) is -0.521. The zero-order valence-corrected chi connectivity index (χ0v) is 15.4. The average Bonchev–Trinajstić information content (AvgIpc) is 2.56. The molecule has 132 valence electrons. The number of nitrogens with zero attached hydrogens (tertiary/aromatic N) is 1. The van der Waals surface area contributed by atoms with E-state index in [9.17, 15) is 9.59 Å². The van der Waals surface area contributed by atoms with Crippen molar-refractivity contribution in [1.29, 1.82) is 0 Å². The fraction of sp³-hybridized carbons (Fsp3) is 0.263. The second-order valence-corrected chi connectivity index (χ2v) is 6.02. The second kappa shape index (κ2) is 8.03. The molecule has 2 aromatic carbocycles. The summed E-state index contributed by atoms with van der Waals surface area (Å²) in [7, 11) is 1.57. The van der Waals surface area contributed by atoms with Crippen molar-refractivity contribution in [1.82, 2.24) is 0 Å². The summed E-state index contributed by atoms with van der Waals surface area (Å²) in [4.78, 5) is 25.8. The molecule has 0 spiro atoms. The van der Waals surface area contributed by atoms with Crippen LogP contribution in [0.15, 0.2) is 36.4 Å². The topological polar surface area (TPSA) is 55.8 Å². The molecule has 0 atom stereocenters. The summed E-state index contributed by atoms with van der Waals surface area (Å²) in [5.74, 6) is -0.237. The first-order valence-corrected chi connectivity index (χ1v) is 8.20. The monoisotopic (exact) mass is 361 g/mol. The lowest BCUT2D eigenvalue weighted by Gasteiger charge is -2.21. The summed E-state index contributed by atoms with van der Waals surface area (Å²) >= 11 is 5.92. The highest BCUT2D eigenvalue weighted by Gasteiger charge is 2.21. The van der Waals surface area contributed by atoms with E-state index in [1.54, 1.807) is 38.2 Å². The Kier molecular flexibility index (Phi) is 6.04. The van der Waals surface area contributed by atoms with Gasteiger partial charge in [0, 0.05) is 12.1 Å². The number of esters is 1. The summed E-state index contributed by atoms with van der Waals surface area (Å²) < 4.78 is 10.6. The standard InChI is InChI=1S/C19H20ClNO4/c1-5-24-19(23)21(4)16-10-12(2)9-13(3)17(16)25-18(22)14-7-6-8-15(20)11-14/h6-11H,5H2,1-4H3. The van der Waals surface area contributed by atoms with Crippen LogP contribution in [0.5, 0.6) is 5.75 Å². The first-order valence-electron chi connectivity index (χ1n) is 7.83. The van der Waals surface area contributed by atoms with E-state index in [0.29, 0.717) is 22.0 Å². The van der Waals surface area contributed by atoms with Crippen LogP contribution in [0, 0.1) is 13.8 Å². The van der Waals surface area contributed by atoms with Crippen LogP contribution in [-0.4, -0.2) is 25.7 Å². The van der Waals surface area contributed by atoms with Crippen LogP contribution >= 0.6 is 11.6 Å². The van der Waals surface area contributed by atoms with Crippen LogP contribution in [0.4, 0.5) is 10.5 Å². The minimum Gasteiger partial charge on any atom is -0.449 e. The summed E-state index contributed by atoms with van der Waals surface area (Å²) in [6.45, 7) is 5.70. The number of amides is 1. The van der Waals surface area contributed by atoms with E-state index in [0.717, 1.165) is 11.1 Å². The highest BCUT2D eigenvalue weighted by Crippen LogP contribution is 2.34. The molecule has 0 radical (unpaired) electrons. The Labute approximate surface area is 152 Å². The fourth-order valence-corrected chi connectivity index (χ4v) is 2.59. The van der Waals surface area contributed by atoms with Gasteiger partial charge in [-0.25, -0.2) is 9.59 Å². The number of hydrogen-bond acceptors (Lipinski definition) is 4. The molecule has 0 heterocycles. The average molecular weight is 362 g/mol. The van der Waals surface area contributed by atoms with Gasteiger partial charge in [0.05, 0.1) is 17.9 Å². The Morgan fingerprint density at radius 2 is 1.88 bits per heavy atom. The van der Waals surface area contributed by atoms with Gasteiger partial charge in [0.15, 0.2) is 5.75 Å². The number of benzene rings is 2. The third-order valence-electron chi connectivity index (χ3n) is 3.56. The van der Waals surface area contributed by atoms with Crippen molar-refractivity contribution in [3.63, 3.8) is 0 Å². The van der Waals surface area contributed by atoms with Gasteiger partial charge >= 0.3 is 12.1 Å². The van der Waals surface area contributed by atoms with Gasteiger partial charge in [-0.15, -0.1) is 0 Å². The largest absolute Gasteiger partial charge is 0.449 e. The van der Waals surface area contributed by atoms with Gasteiger partial charge in [-0.3, -0.25) is 4.90 Å². The lowest BCUT2D eigenvalue weighted by atomic mass is 10.1. The predicted octanol–water partition coefficient (Wildman–Crippen LogP) is 4.77. The van der Waals surface area contributed by atoms with Gasteiger partial charge < -0.3 is 9.47 Å². The van der Waals surface area contributed by atoms with Crippen LogP contribution < -0.4 is 9.64 Å². The van der Waals surface area contributed by atoms with Gasteiger partial charge in [0.25, 0.3) is 0 Å². The molecule has 0 N–H and O–H groups in total. The van der Waals surface area contributed by atoms with Crippen LogP contribution in [0.2, 0.25) is 5.02 Å². The third-order valence-corrected chi connectivity index (χ3v) is 3.79. The molecule has 0 saturated heterocycles. The highest BCUT2D eigenvalue weighted by molar-refractivity contribution is 6.30. The van der Waals surface area contributed by atoms with E-state index in [2.05, 4.69) is 0 Å². The molecule has 0 unspecified atom stereocenters. The van der Waals surface area contributed by atoms with Crippen molar-refractivity contribution in [3.8, 4) is 5.75 Å². The summed E-state index contributed by atoms with van der Waals surface area (Å²) in [6, 6.07) is 10.1. The van der Waals surface area contributed by atoms with Gasteiger partial charge in [-0.2, -0.15) is 0 Å². The smallest absolute Gasteiger partial charge is 0.414 e. The SMILES string of the molecule is CCOC(=O)N(C)c1cc(C)cc(C)c1OC(=O)c1cccc(Cl)c1. The first-order chi connectivity index (χ1) is 11.8. The van der Waals surface area contributed by atoms with Crippen LogP contribution in [0.1, 0.15) is 28.4 Å². The van der Waals surface area contributed by atoms with E-state index in [4.69, 9.17) is 21.1 Å². The fourth-order valence-electron chi connectivity index (χ4n) is 2.40. The van der Waals surface area contributed by atoms with Crippen molar-refractivity contribution < 1.29 is 19.1 Å². The number of aryl methyl sites for hydroxylation is 2. The Morgan fingerprint density at radius 1 is 1.16 bits per heavy atom. The van der Waals surface area contributed by atoms with Crippen molar-refractivity contribution in [3.05, 3.63) is 58.1 Å². The molecule has 2 rings (SSSR count). The minimum absolute atomic E-state index is 0.256. The number of ether oxygens (including phenoxy) is 2. The molecule has 25 heavy (non-hydrogen) atoms. The number of rotatable bonds is 4. The zero-order chi connectivity index (χ0) is 18.6. The Hall–Kier alpha value is -2.53. The molecule has 0 aliphatic carbocycles. The molecular weight excluding hydrogens is 342 g/mol. The lowest BCUT2D eigenvalue weighted by molar-refractivity contribution is 0.0733. The molecule has 0 saturated carbocycles. The normalized spacial score (nSPS) is 10.3. The van der Waals surface area contributed by atoms with Gasteiger partial charge in [0.2, 0.25) is 0 Å². The van der Waals surface area contributed by atoms with Crippen molar-refractivity contribution in [2.24, 2.45) is 0 Å². The maximum Gasteiger partial charge on any atom is 0.414 e. The van der Waals surface area contributed by atoms with E-state index >= 15 is 0 Å². The van der Waals surface area contributed by atoms with Crippen molar-refractivity contribution in [2.75, 3.05) is 18.6 Å².